The smallest absolute Gasteiger partial charge is 0.0446 e. The van der Waals surface area contributed by atoms with E-state index >= 15 is 0 Å². The molecule has 1 N–H and O–H groups in total. The average molecular weight is 323 g/mol. The molecule has 1 aliphatic carbocycles. The molecule has 4 heteroatoms. The Hall–Kier alpha value is -0.420. The highest BCUT2D eigenvalue weighted by Crippen LogP contribution is 2.26. The molecule has 1 aromatic rings. The van der Waals surface area contributed by atoms with Crippen molar-refractivity contribution < 1.29 is 5.11 Å². The molecule has 2 fully saturated rings. The van der Waals surface area contributed by atoms with Gasteiger partial charge < -0.3 is 5.11 Å². The number of piperazine rings is 1. The Labute approximate surface area is 138 Å². The highest BCUT2D eigenvalue weighted by Gasteiger charge is 2.30. The summed E-state index contributed by atoms with van der Waals surface area (Å²) in [6.45, 7) is 4.87. The Morgan fingerprint density at radius 2 is 1.95 bits per heavy atom. The van der Waals surface area contributed by atoms with Gasteiger partial charge in [-0.3, -0.25) is 9.80 Å². The summed E-state index contributed by atoms with van der Waals surface area (Å²) in [5.41, 5.74) is 0. The number of rotatable bonds is 5. The van der Waals surface area contributed by atoms with Crippen LogP contribution in [0.4, 0.5) is 0 Å². The molecule has 0 spiro atoms. The van der Waals surface area contributed by atoms with E-state index in [0.29, 0.717) is 12.6 Å². The van der Waals surface area contributed by atoms with Gasteiger partial charge in [0.2, 0.25) is 0 Å². The van der Waals surface area contributed by atoms with Gasteiger partial charge in [0.05, 0.1) is 0 Å². The lowest BCUT2D eigenvalue weighted by molar-refractivity contribution is 0.0281. The van der Waals surface area contributed by atoms with Gasteiger partial charge in [-0.2, -0.15) is 0 Å². The fraction of sp³-hybridized carbons (Fsp3) is 0.778. The number of thiophene rings is 1. The summed E-state index contributed by atoms with van der Waals surface area (Å²) in [5, 5.41) is 11.6. The third-order valence-corrected chi connectivity index (χ3v) is 6.24. The summed E-state index contributed by atoms with van der Waals surface area (Å²) in [6.07, 6.45) is 9.35. The molecule has 0 bridgehead atoms. The molecule has 2 heterocycles. The molecule has 1 saturated carbocycles. The molecule has 0 radical (unpaired) electrons. The zero-order valence-electron chi connectivity index (χ0n) is 13.6. The van der Waals surface area contributed by atoms with E-state index in [4.69, 9.17) is 0 Å². The Morgan fingerprint density at radius 3 is 2.64 bits per heavy atom. The summed E-state index contributed by atoms with van der Waals surface area (Å²) in [7, 11) is 0. The van der Waals surface area contributed by atoms with Crippen LogP contribution in [0.3, 0.4) is 0 Å². The van der Waals surface area contributed by atoms with Crippen LogP contribution in [0.5, 0.6) is 0 Å². The van der Waals surface area contributed by atoms with Gasteiger partial charge >= 0.3 is 0 Å². The molecule has 1 aromatic heterocycles. The highest BCUT2D eigenvalue weighted by atomic mass is 32.1. The van der Waals surface area contributed by atoms with E-state index in [1.165, 1.54) is 49.9 Å². The van der Waals surface area contributed by atoms with E-state index in [-0.39, 0.29) is 0 Å². The first-order valence-corrected chi connectivity index (χ1v) is 9.86. The van der Waals surface area contributed by atoms with E-state index in [1.54, 1.807) is 0 Å². The van der Waals surface area contributed by atoms with Crippen LogP contribution in [0.1, 0.15) is 49.8 Å². The molecule has 1 aliphatic heterocycles. The molecule has 3 nitrogen and oxygen atoms in total. The minimum atomic E-state index is 0.310. The highest BCUT2D eigenvalue weighted by molar-refractivity contribution is 7.09. The predicted octanol–water partition coefficient (Wildman–Crippen LogP) is 3.34. The second-order valence-electron chi connectivity index (χ2n) is 6.86. The Balaban J connectivity index is 1.59. The average Bonchev–Trinajstić information content (AvgIpc) is 2.89. The van der Waals surface area contributed by atoms with Gasteiger partial charge in [-0.1, -0.05) is 31.7 Å². The molecule has 22 heavy (non-hydrogen) atoms. The van der Waals surface area contributed by atoms with Crippen LogP contribution in [0.2, 0.25) is 0 Å². The third-order valence-electron chi connectivity index (χ3n) is 5.38. The maximum absolute atomic E-state index is 9.46. The zero-order chi connectivity index (χ0) is 15.2. The molecule has 1 saturated heterocycles. The van der Waals surface area contributed by atoms with Crippen LogP contribution in [0, 0.1) is 0 Å². The predicted molar refractivity (Wildman–Crippen MR) is 93.3 cm³/mol. The van der Waals surface area contributed by atoms with E-state index in [1.807, 2.05) is 11.3 Å². The Kier molecular flexibility index (Phi) is 6.30. The zero-order valence-corrected chi connectivity index (χ0v) is 14.4. The van der Waals surface area contributed by atoms with Crippen LogP contribution >= 0.6 is 11.3 Å². The van der Waals surface area contributed by atoms with Crippen molar-refractivity contribution in [3.8, 4) is 0 Å². The SMILES string of the molecule is OCC[C@@H]1CN(C2CCCCCC2)CCN1Cc1cccs1. The number of aliphatic hydroxyl groups excluding tert-OH is 1. The van der Waals surface area contributed by atoms with Gasteiger partial charge in [0.15, 0.2) is 0 Å². The lowest BCUT2D eigenvalue weighted by Gasteiger charge is -2.44. The van der Waals surface area contributed by atoms with Gasteiger partial charge in [-0.25, -0.2) is 0 Å². The first-order chi connectivity index (χ1) is 10.9. The molecule has 3 rings (SSSR count). The number of hydrogen-bond acceptors (Lipinski definition) is 4. The molecule has 0 aromatic carbocycles. The summed E-state index contributed by atoms with van der Waals surface area (Å²) in [5.74, 6) is 0. The van der Waals surface area contributed by atoms with Gasteiger partial charge in [-0.05, 0) is 30.7 Å². The normalized spacial score (nSPS) is 26.1. The fourth-order valence-electron chi connectivity index (χ4n) is 4.11. The van der Waals surface area contributed by atoms with E-state index in [9.17, 15) is 5.11 Å². The van der Waals surface area contributed by atoms with Crippen molar-refractivity contribution in [2.45, 2.75) is 63.6 Å². The van der Waals surface area contributed by atoms with Crippen LogP contribution < -0.4 is 0 Å². The summed E-state index contributed by atoms with van der Waals surface area (Å²) in [6, 6.07) is 5.69. The third kappa shape index (κ3) is 4.31. The molecular formula is C18H30N2OS. The van der Waals surface area contributed by atoms with Gasteiger partial charge in [0.25, 0.3) is 0 Å². The topological polar surface area (TPSA) is 26.7 Å². The maximum atomic E-state index is 9.46. The summed E-state index contributed by atoms with van der Waals surface area (Å²) >= 11 is 1.85. The quantitative estimate of drug-likeness (QED) is 0.842. The van der Waals surface area contributed by atoms with Gasteiger partial charge in [0, 0.05) is 49.7 Å². The minimum absolute atomic E-state index is 0.310. The molecule has 1 atom stereocenters. The fourth-order valence-corrected chi connectivity index (χ4v) is 4.83. The second-order valence-corrected chi connectivity index (χ2v) is 7.89. The first kappa shape index (κ1) is 16.4. The standard InChI is InChI=1S/C18H30N2OS/c21-12-9-17-14-19(16-6-3-1-2-4-7-16)10-11-20(17)15-18-8-5-13-22-18/h5,8,13,16-17,21H,1-4,6-7,9-12,14-15H2/t17-/m1/s1. The molecular weight excluding hydrogens is 292 g/mol. The number of aliphatic hydroxyl groups is 1. The van der Waals surface area contributed by atoms with Crippen molar-refractivity contribution in [2.24, 2.45) is 0 Å². The molecule has 124 valence electrons. The van der Waals surface area contributed by atoms with Crippen LogP contribution in [-0.2, 0) is 6.54 Å². The lowest BCUT2D eigenvalue weighted by atomic mass is 10.0. The van der Waals surface area contributed by atoms with Crippen molar-refractivity contribution in [3.05, 3.63) is 22.4 Å². The second kappa shape index (κ2) is 8.44. The van der Waals surface area contributed by atoms with Crippen molar-refractivity contribution in [1.82, 2.24) is 9.80 Å². The Bertz CT molecular complexity index is 415. The molecule has 0 unspecified atom stereocenters. The monoisotopic (exact) mass is 322 g/mol. The maximum Gasteiger partial charge on any atom is 0.0446 e. The van der Waals surface area contributed by atoms with E-state index < -0.39 is 0 Å². The van der Waals surface area contributed by atoms with Crippen molar-refractivity contribution in [3.63, 3.8) is 0 Å². The first-order valence-electron chi connectivity index (χ1n) is 8.98. The lowest BCUT2D eigenvalue weighted by Crippen LogP contribution is -2.55. The number of nitrogens with zero attached hydrogens (tertiary/aromatic N) is 2. The van der Waals surface area contributed by atoms with E-state index in [2.05, 4.69) is 27.3 Å². The van der Waals surface area contributed by atoms with E-state index in [0.717, 1.165) is 32.1 Å². The number of hydrogen-bond donors (Lipinski definition) is 1. The van der Waals surface area contributed by atoms with Crippen LogP contribution in [0.15, 0.2) is 17.5 Å². The molecule has 2 aliphatic rings. The van der Waals surface area contributed by atoms with Crippen molar-refractivity contribution in [2.75, 3.05) is 26.2 Å². The van der Waals surface area contributed by atoms with Crippen molar-refractivity contribution >= 4 is 11.3 Å². The largest absolute Gasteiger partial charge is 0.396 e. The molecule has 0 amide bonds. The van der Waals surface area contributed by atoms with Gasteiger partial charge in [0.1, 0.15) is 0 Å². The summed E-state index contributed by atoms with van der Waals surface area (Å²) < 4.78 is 0. The van der Waals surface area contributed by atoms with Crippen LogP contribution in [0.25, 0.3) is 0 Å². The minimum Gasteiger partial charge on any atom is -0.396 e. The van der Waals surface area contributed by atoms with Gasteiger partial charge in [-0.15, -0.1) is 11.3 Å². The summed E-state index contributed by atoms with van der Waals surface area (Å²) in [4.78, 5) is 6.78. The van der Waals surface area contributed by atoms with Crippen LogP contribution in [-0.4, -0.2) is 53.2 Å². The Morgan fingerprint density at radius 1 is 1.14 bits per heavy atom. The van der Waals surface area contributed by atoms with Crippen molar-refractivity contribution in [1.29, 1.82) is 0 Å².